The van der Waals surface area contributed by atoms with Crippen LogP contribution in [-0.4, -0.2) is 30.4 Å². The van der Waals surface area contributed by atoms with Gasteiger partial charge in [-0.05, 0) is 26.3 Å². The molecule has 1 amide bonds. The van der Waals surface area contributed by atoms with Crippen molar-refractivity contribution >= 4 is 5.91 Å². The van der Waals surface area contributed by atoms with Crippen molar-refractivity contribution in [2.75, 3.05) is 13.6 Å². The first kappa shape index (κ1) is 11.8. The second-order valence-corrected chi connectivity index (χ2v) is 3.88. The van der Waals surface area contributed by atoms with Crippen LogP contribution in [0.15, 0.2) is 16.7 Å². The van der Waals surface area contributed by atoms with E-state index in [-0.39, 0.29) is 11.9 Å². The molecule has 1 aromatic rings. The fourth-order valence-electron chi connectivity index (χ4n) is 1.31. The molecule has 4 heteroatoms. The number of nitrogens with two attached hydrogens (primary N) is 1. The van der Waals surface area contributed by atoms with Crippen LogP contribution in [0.1, 0.15) is 29.5 Å². The third-order valence-corrected chi connectivity index (χ3v) is 2.36. The van der Waals surface area contributed by atoms with Crippen LogP contribution in [0.2, 0.25) is 0 Å². The number of amides is 1. The van der Waals surface area contributed by atoms with E-state index in [0.29, 0.717) is 17.9 Å². The van der Waals surface area contributed by atoms with E-state index in [1.807, 2.05) is 6.92 Å². The lowest BCUT2D eigenvalue weighted by Gasteiger charge is -2.17. The highest BCUT2D eigenvalue weighted by atomic mass is 16.3. The van der Waals surface area contributed by atoms with Crippen molar-refractivity contribution in [3.63, 3.8) is 0 Å². The Labute approximate surface area is 90.0 Å². The van der Waals surface area contributed by atoms with Gasteiger partial charge in [-0.15, -0.1) is 0 Å². The highest BCUT2D eigenvalue weighted by Crippen LogP contribution is 2.11. The van der Waals surface area contributed by atoms with Crippen LogP contribution in [0, 0.1) is 6.92 Å². The number of carbonyl (C=O) groups is 1. The van der Waals surface area contributed by atoms with Gasteiger partial charge in [0.25, 0.3) is 5.91 Å². The van der Waals surface area contributed by atoms with Crippen LogP contribution in [0.5, 0.6) is 0 Å². The Morgan fingerprint density at radius 1 is 1.67 bits per heavy atom. The first-order valence-electron chi connectivity index (χ1n) is 5.07. The largest absolute Gasteiger partial charge is 0.469 e. The Balaban J connectivity index is 2.57. The van der Waals surface area contributed by atoms with E-state index >= 15 is 0 Å². The molecule has 0 bridgehead atoms. The lowest BCUT2D eigenvalue weighted by Crippen LogP contribution is -2.31. The van der Waals surface area contributed by atoms with Gasteiger partial charge in [-0.3, -0.25) is 4.79 Å². The van der Waals surface area contributed by atoms with Gasteiger partial charge in [-0.25, -0.2) is 0 Å². The summed E-state index contributed by atoms with van der Waals surface area (Å²) >= 11 is 0. The van der Waals surface area contributed by atoms with Crippen molar-refractivity contribution < 1.29 is 9.21 Å². The third kappa shape index (κ3) is 3.09. The summed E-state index contributed by atoms with van der Waals surface area (Å²) in [5.41, 5.74) is 6.26. The van der Waals surface area contributed by atoms with Gasteiger partial charge in [0.15, 0.2) is 0 Å². The first-order chi connectivity index (χ1) is 7.02. The maximum Gasteiger partial charge on any atom is 0.257 e. The molecule has 0 aliphatic carbocycles. The number of carbonyl (C=O) groups excluding carboxylic acids is 1. The van der Waals surface area contributed by atoms with Gasteiger partial charge < -0.3 is 15.1 Å². The average molecular weight is 210 g/mol. The predicted octanol–water partition coefficient (Wildman–Crippen LogP) is 1.40. The maximum atomic E-state index is 11.9. The first-order valence-corrected chi connectivity index (χ1v) is 5.07. The Hall–Kier alpha value is -1.29. The molecule has 1 atom stereocenters. The van der Waals surface area contributed by atoms with Crippen LogP contribution in [-0.2, 0) is 0 Å². The number of nitrogens with zero attached hydrogens (tertiary/aromatic N) is 1. The molecule has 1 unspecified atom stereocenters. The Morgan fingerprint density at radius 3 is 2.80 bits per heavy atom. The van der Waals surface area contributed by atoms with Crippen LogP contribution in [0.4, 0.5) is 0 Å². The quantitative estimate of drug-likeness (QED) is 0.817. The van der Waals surface area contributed by atoms with Gasteiger partial charge in [0.1, 0.15) is 5.76 Å². The van der Waals surface area contributed by atoms with Crippen LogP contribution < -0.4 is 5.73 Å². The molecule has 84 valence electrons. The number of rotatable bonds is 4. The van der Waals surface area contributed by atoms with Gasteiger partial charge in [0, 0.05) is 19.6 Å². The summed E-state index contributed by atoms with van der Waals surface area (Å²) < 4.78 is 5.09. The molecular weight excluding hydrogens is 192 g/mol. The fourth-order valence-corrected chi connectivity index (χ4v) is 1.31. The molecule has 4 nitrogen and oxygen atoms in total. The van der Waals surface area contributed by atoms with Crippen molar-refractivity contribution in [3.05, 3.63) is 23.7 Å². The Morgan fingerprint density at radius 2 is 2.33 bits per heavy atom. The minimum absolute atomic E-state index is 0.0121. The maximum absolute atomic E-state index is 11.9. The highest BCUT2D eigenvalue weighted by Gasteiger charge is 2.15. The van der Waals surface area contributed by atoms with E-state index in [0.717, 1.165) is 6.42 Å². The molecule has 0 saturated carbocycles. The van der Waals surface area contributed by atoms with E-state index in [4.69, 9.17) is 10.2 Å². The zero-order valence-electron chi connectivity index (χ0n) is 9.49. The molecule has 1 rings (SSSR count). The van der Waals surface area contributed by atoms with E-state index < -0.39 is 0 Å². The molecule has 0 aromatic carbocycles. The van der Waals surface area contributed by atoms with E-state index in [1.54, 1.807) is 24.9 Å². The molecule has 0 radical (unpaired) electrons. The molecular formula is C11H18N2O2. The topological polar surface area (TPSA) is 59.5 Å². The number of aryl methyl sites for hydroxylation is 1. The molecule has 0 saturated heterocycles. The zero-order valence-corrected chi connectivity index (χ0v) is 9.49. The van der Waals surface area contributed by atoms with Crippen LogP contribution in [0.3, 0.4) is 0 Å². The van der Waals surface area contributed by atoms with E-state index in [9.17, 15) is 4.79 Å². The van der Waals surface area contributed by atoms with Crippen molar-refractivity contribution in [2.45, 2.75) is 26.3 Å². The van der Waals surface area contributed by atoms with Gasteiger partial charge >= 0.3 is 0 Å². The number of hydrogen-bond acceptors (Lipinski definition) is 3. The average Bonchev–Trinajstić information content (AvgIpc) is 2.59. The third-order valence-electron chi connectivity index (χ3n) is 2.36. The smallest absolute Gasteiger partial charge is 0.257 e. The van der Waals surface area contributed by atoms with Crippen molar-refractivity contribution in [1.82, 2.24) is 4.90 Å². The summed E-state index contributed by atoms with van der Waals surface area (Å²) in [6.45, 7) is 4.38. The molecule has 2 N–H and O–H groups in total. The summed E-state index contributed by atoms with van der Waals surface area (Å²) in [5, 5.41) is 0. The fraction of sp³-hybridized carbons (Fsp3) is 0.545. The minimum atomic E-state index is -0.0121. The summed E-state index contributed by atoms with van der Waals surface area (Å²) in [6.07, 6.45) is 2.33. The van der Waals surface area contributed by atoms with Gasteiger partial charge in [-0.1, -0.05) is 0 Å². The van der Waals surface area contributed by atoms with Crippen LogP contribution in [0.25, 0.3) is 0 Å². The molecule has 0 aliphatic rings. The normalized spacial score (nSPS) is 12.5. The van der Waals surface area contributed by atoms with Crippen molar-refractivity contribution in [3.8, 4) is 0 Å². The minimum Gasteiger partial charge on any atom is -0.469 e. The van der Waals surface area contributed by atoms with E-state index in [2.05, 4.69) is 0 Å². The second-order valence-electron chi connectivity index (χ2n) is 3.88. The lowest BCUT2D eigenvalue weighted by atomic mass is 10.2. The molecule has 0 spiro atoms. The van der Waals surface area contributed by atoms with Crippen LogP contribution >= 0.6 is 0 Å². The Bertz CT molecular complexity index is 331. The predicted molar refractivity (Wildman–Crippen MR) is 58.7 cm³/mol. The number of hydrogen-bond donors (Lipinski definition) is 1. The second kappa shape index (κ2) is 4.98. The summed E-state index contributed by atoms with van der Waals surface area (Å²) in [4.78, 5) is 13.5. The highest BCUT2D eigenvalue weighted by molar-refractivity contribution is 5.94. The Kier molecular flexibility index (Phi) is 3.91. The summed E-state index contributed by atoms with van der Waals surface area (Å²) in [5.74, 6) is 0.648. The molecule has 0 fully saturated rings. The van der Waals surface area contributed by atoms with Gasteiger partial charge in [-0.2, -0.15) is 0 Å². The number of furan rings is 1. The zero-order chi connectivity index (χ0) is 11.4. The summed E-state index contributed by atoms with van der Waals surface area (Å²) in [7, 11) is 1.77. The van der Waals surface area contributed by atoms with Gasteiger partial charge in [0.05, 0.1) is 11.8 Å². The SMILES string of the molecule is Cc1occc1C(=O)N(C)CCC(C)N. The molecule has 0 aliphatic heterocycles. The lowest BCUT2D eigenvalue weighted by molar-refractivity contribution is 0.0790. The molecule has 15 heavy (non-hydrogen) atoms. The molecule has 1 heterocycles. The van der Waals surface area contributed by atoms with Gasteiger partial charge in [0.2, 0.25) is 0 Å². The standard InChI is InChI=1S/C11H18N2O2/c1-8(12)4-6-13(3)11(14)10-5-7-15-9(10)2/h5,7-8H,4,6,12H2,1-3H3. The molecule has 1 aromatic heterocycles. The monoisotopic (exact) mass is 210 g/mol. The van der Waals surface area contributed by atoms with Crippen molar-refractivity contribution in [1.29, 1.82) is 0 Å². The van der Waals surface area contributed by atoms with E-state index in [1.165, 1.54) is 6.26 Å². The van der Waals surface area contributed by atoms with Crippen molar-refractivity contribution in [2.24, 2.45) is 5.73 Å². The summed E-state index contributed by atoms with van der Waals surface area (Å²) in [6, 6.07) is 1.81.